The summed E-state index contributed by atoms with van der Waals surface area (Å²) in [6.07, 6.45) is 0. The fourth-order valence-corrected chi connectivity index (χ4v) is 2.89. The number of anilines is 2. The van der Waals surface area contributed by atoms with Crippen molar-refractivity contribution in [1.82, 2.24) is 0 Å². The van der Waals surface area contributed by atoms with Crippen LogP contribution in [0.25, 0.3) is 0 Å². The molecule has 0 aliphatic heterocycles. The van der Waals surface area contributed by atoms with E-state index < -0.39 is 38.1 Å². The molecule has 0 aromatic heterocycles. The van der Waals surface area contributed by atoms with Gasteiger partial charge in [-0.15, -0.1) is 0 Å². The minimum absolute atomic E-state index is 0.0442. The van der Waals surface area contributed by atoms with Gasteiger partial charge < -0.3 is 5.73 Å². The Hall–Kier alpha value is -2.22. The van der Waals surface area contributed by atoms with Crippen molar-refractivity contribution < 1.29 is 21.6 Å². The van der Waals surface area contributed by atoms with Gasteiger partial charge >= 0.3 is 0 Å². The first-order chi connectivity index (χ1) is 9.72. The normalized spacial score (nSPS) is 11.4. The van der Waals surface area contributed by atoms with E-state index in [1.807, 2.05) is 4.72 Å². The van der Waals surface area contributed by atoms with Crippen LogP contribution < -0.4 is 10.5 Å². The fraction of sp³-hybridized carbons (Fsp3) is 0.0769. The Bertz CT molecular complexity index is 807. The third-order valence-electron chi connectivity index (χ3n) is 2.85. The molecular formula is C13H11F3N2O2S. The molecule has 0 amide bonds. The summed E-state index contributed by atoms with van der Waals surface area (Å²) in [6.45, 7) is 1.36. The second kappa shape index (κ2) is 5.28. The summed E-state index contributed by atoms with van der Waals surface area (Å²) in [4.78, 5) is -0.815. The lowest BCUT2D eigenvalue weighted by Crippen LogP contribution is -2.16. The minimum Gasteiger partial charge on any atom is -0.396 e. The molecule has 2 aromatic carbocycles. The van der Waals surface area contributed by atoms with E-state index in [1.54, 1.807) is 0 Å². The van der Waals surface area contributed by atoms with Gasteiger partial charge in [0.25, 0.3) is 10.0 Å². The predicted octanol–water partition coefficient (Wildman–Crippen LogP) is 2.80. The van der Waals surface area contributed by atoms with E-state index >= 15 is 0 Å². The molecule has 0 saturated carbocycles. The Labute approximate surface area is 119 Å². The third-order valence-corrected chi connectivity index (χ3v) is 4.23. The number of nitrogens with two attached hydrogens (primary N) is 1. The van der Waals surface area contributed by atoms with Gasteiger partial charge in [0.1, 0.15) is 22.3 Å². The molecule has 2 aromatic rings. The molecule has 0 atom stereocenters. The summed E-state index contributed by atoms with van der Waals surface area (Å²) in [7, 11) is -4.36. The first-order valence-corrected chi connectivity index (χ1v) is 7.23. The molecule has 0 aliphatic carbocycles. The third kappa shape index (κ3) is 2.94. The molecule has 0 spiro atoms. The summed E-state index contributed by atoms with van der Waals surface area (Å²) < 4.78 is 66.3. The van der Waals surface area contributed by atoms with E-state index in [2.05, 4.69) is 0 Å². The van der Waals surface area contributed by atoms with Crippen molar-refractivity contribution in [2.24, 2.45) is 0 Å². The summed E-state index contributed by atoms with van der Waals surface area (Å²) in [5.41, 5.74) is 4.74. The monoisotopic (exact) mass is 316 g/mol. The number of hydrogen-bond acceptors (Lipinski definition) is 3. The van der Waals surface area contributed by atoms with E-state index in [0.717, 1.165) is 6.07 Å². The van der Waals surface area contributed by atoms with Gasteiger partial charge in [-0.05, 0) is 25.1 Å². The van der Waals surface area contributed by atoms with Gasteiger partial charge in [0.05, 0.1) is 11.4 Å². The zero-order valence-electron chi connectivity index (χ0n) is 10.8. The van der Waals surface area contributed by atoms with Gasteiger partial charge in [0.15, 0.2) is 0 Å². The van der Waals surface area contributed by atoms with Gasteiger partial charge in [0, 0.05) is 11.6 Å². The molecule has 0 fully saturated rings. The van der Waals surface area contributed by atoms with Gasteiger partial charge in [-0.1, -0.05) is 6.07 Å². The molecule has 8 heteroatoms. The lowest BCUT2D eigenvalue weighted by molar-refractivity contribution is 0.553. The number of nitrogen functional groups attached to an aromatic ring is 1. The highest BCUT2D eigenvalue weighted by Gasteiger charge is 2.22. The predicted molar refractivity (Wildman–Crippen MR) is 72.7 cm³/mol. The second-order valence-corrected chi connectivity index (χ2v) is 5.97. The van der Waals surface area contributed by atoms with E-state index in [1.165, 1.54) is 19.1 Å². The van der Waals surface area contributed by atoms with Gasteiger partial charge in [0.2, 0.25) is 0 Å². The number of rotatable bonds is 3. The van der Waals surface area contributed by atoms with E-state index in [9.17, 15) is 21.6 Å². The van der Waals surface area contributed by atoms with Crippen molar-refractivity contribution in [2.45, 2.75) is 11.8 Å². The molecule has 0 unspecified atom stereocenters. The molecule has 0 saturated heterocycles. The molecule has 4 nitrogen and oxygen atoms in total. The van der Waals surface area contributed by atoms with Crippen LogP contribution >= 0.6 is 0 Å². The van der Waals surface area contributed by atoms with Gasteiger partial charge in [-0.25, -0.2) is 21.6 Å². The quantitative estimate of drug-likeness (QED) is 0.855. The molecule has 112 valence electrons. The Morgan fingerprint density at radius 3 is 2.38 bits per heavy atom. The van der Waals surface area contributed by atoms with Gasteiger partial charge in [-0.2, -0.15) is 0 Å². The van der Waals surface area contributed by atoms with Crippen LogP contribution in [-0.2, 0) is 10.0 Å². The van der Waals surface area contributed by atoms with Crippen molar-refractivity contribution in [2.75, 3.05) is 10.5 Å². The van der Waals surface area contributed by atoms with Crippen LogP contribution in [0.5, 0.6) is 0 Å². The van der Waals surface area contributed by atoms with Crippen LogP contribution in [0.3, 0.4) is 0 Å². The number of nitrogens with one attached hydrogen (secondary N) is 1. The van der Waals surface area contributed by atoms with Crippen LogP contribution in [0.4, 0.5) is 24.5 Å². The number of halogens is 3. The van der Waals surface area contributed by atoms with Crippen molar-refractivity contribution in [1.29, 1.82) is 0 Å². The lowest BCUT2D eigenvalue weighted by atomic mass is 10.2. The van der Waals surface area contributed by atoms with Crippen LogP contribution in [0.2, 0.25) is 0 Å². The molecular weight excluding hydrogens is 305 g/mol. The summed E-state index contributed by atoms with van der Waals surface area (Å²) >= 11 is 0. The van der Waals surface area contributed by atoms with Crippen molar-refractivity contribution in [3.05, 3.63) is 53.3 Å². The number of sulfonamides is 1. The summed E-state index contributed by atoms with van der Waals surface area (Å²) in [6, 6.07) is 4.82. The lowest BCUT2D eigenvalue weighted by Gasteiger charge is -2.12. The molecule has 21 heavy (non-hydrogen) atoms. The van der Waals surface area contributed by atoms with E-state index in [4.69, 9.17) is 5.73 Å². The van der Waals surface area contributed by atoms with Crippen molar-refractivity contribution >= 4 is 21.4 Å². The zero-order valence-corrected chi connectivity index (χ0v) is 11.6. The maximum atomic E-state index is 13.6. The van der Waals surface area contributed by atoms with Crippen LogP contribution in [0, 0.1) is 24.4 Å². The summed E-state index contributed by atoms with van der Waals surface area (Å²) in [5, 5.41) is 0. The maximum Gasteiger partial charge on any atom is 0.264 e. The molecule has 0 radical (unpaired) electrons. The number of benzene rings is 2. The standard InChI is InChI=1S/C13H11F3N2O2S/c1-7-8(14)3-2-4-12(7)18-21(19,20)13-6-11(17)9(15)5-10(13)16/h2-6,18H,17H2,1H3. The Balaban J connectivity index is 2.48. The molecule has 2 rings (SSSR count). The SMILES string of the molecule is Cc1c(F)cccc1NS(=O)(=O)c1cc(N)c(F)cc1F. The highest BCUT2D eigenvalue weighted by molar-refractivity contribution is 7.92. The Morgan fingerprint density at radius 2 is 1.71 bits per heavy atom. The van der Waals surface area contributed by atoms with Crippen LogP contribution in [0.15, 0.2) is 35.2 Å². The second-order valence-electron chi connectivity index (χ2n) is 4.32. The summed E-state index contributed by atoms with van der Waals surface area (Å²) in [5.74, 6) is -2.97. The van der Waals surface area contributed by atoms with E-state index in [-0.39, 0.29) is 11.3 Å². The minimum atomic E-state index is -4.36. The fourth-order valence-electron chi connectivity index (χ4n) is 1.67. The average Bonchev–Trinajstić information content (AvgIpc) is 2.39. The maximum absolute atomic E-state index is 13.6. The number of hydrogen-bond donors (Lipinski definition) is 2. The largest absolute Gasteiger partial charge is 0.396 e. The highest BCUT2D eigenvalue weighted by atomic mass is 32.2. The van der Waals surface area contributed by atoms with Crippen LogP contribution in [0.1, 0.15) is 5.56 Å². The first kappa shape index (κ1) is 15.2. The molecule has 0 aliphatic rings. The smallest absolute Gasteiger partial charge is 0.264 e. The van der Waals surface area contributed by atoms with Crippen molar-refractivity contribution in [3.63, 3.8) is 0 Å². The topological polar surface area (TPSA) is 72.2 Å². The zero-order chi connectivity index (χ0) is 15.8. The Kier molecular flexibility index (Phi) is 3.82. The molecule has 0 heterocycles. The molecule has 3 N–H and O–H groups in total. The highest BCUT2D eigenvalue weighted by Crippen LogP contribution is 2.25. The average molecular weight is 316 g/mol. The molecule has 0 bridgehead atoms. The first-order valence-electron chi connectivity index (χ1n) is 5.75. The van der Waals surface area contributed by atoms with Crippen molar-refractivity contribution in [3.8, 4) is 0 Å². The van der Waals surface area contributed by atoms with Crippen LogP contribution in [-0.4, -0.2) is 8.42 Å². The van der Waals surface area contributed by atoms with Gasteiger partial charge in [-0.3, -0.25) is 4.72 Å². The van der Waals surface area contributed by atoms with E-state index in [0.29, 0.717) is 12.1 Å². The Morgan fingerprint density at radius 1 is 1.05 bits per heavy atom.